The largest absolute Gasteiger partial charge is 1.00 e. The second-order valence-corrected chi connectivity index (χ2v) is 2.29. The van der Waals surface area contributed by atoms with E-state index in [1.807, 2.05) is 0 Å². The van der Waals surface area contributed by atoms with Gasteiger partial charge >= 0.3 is 57.4 Å². The summed E-state index contributed by atoms with van der Waals surface area (Å²) in [6, 6.07) is 0. The average Bonchev–Trinajstić information content (AvgIpc) is 2.15. The maximum Gasteiger partial charge on any atom is 1.00 e. The van der Waals surface area contributed by atoms with Gasteiger partial charge in [0.15, 0.2) is 5.90 Å². The summed E-state index contributed by atoms with van der Waals surface area (Å²) in [7, 11) is 0. The Kier molecular flexibility index (Phi) is 12.4. The molecule has 0 aromatic rings. The molecule has 0 saturated carbocycles. The number of nitrogens with zero attached hydrogens (tertiary/aromatic N) is 1. The molecule has 0 atom stereocenters. The van der Waals surface area contributed by atoms with Gasteiger partial charge in [-0.25, -0.2) is 9.79 Å². The van der Waals surface area contributed by atoms with E-state index in [1.165, 1.54) is 0 Å². The fraction of sp³-hybridized carbons (Fsp3) is 0.556. The van der Waals surface area contributed by atoms with Crippen molar-refractivity contribution >= 4 is 11.9 Å². The van der Waals surface area contributed by atoms with Crippen LogP contribution in [-0.2, 0) is 14.3 Å². The minimum Gasteiger partial charge on any atom is -0.876 e. The van der Waals surface area contributed by atoms with E-state index in [-0.39, 0.29) is 69.6 Å². The molecule has 0 spiro atoms. The fourth-order valence-corrected chi connectivity index (χ4v) is 0.736. The predicted octanol–water partition coefficient (Wildman–Crippen LogP) is -2.79. The molecule has 0 aliphatic rings. The Balaban J connectivity index is 0. The van der Waals surface area contributed by atoms with Gasteiger partial charge in [0.1, 0.15) is 5.70 Å². The van der Waals surface area contributed by atoms with E-state index >= 15 is 0 Å². The number of hydrogen-bond acceptors (Lipinski definition) is 5. The molecule has 15 heavy (non-hydrogen) atoms. The molecule has 0 unspecified atom stereocenters. The Morgan fingerprint density at radius 3 is 2.27 bits per heavy atom. The summed E-state index contributed by atoms with van der Waals surface area (Å²) in [5.41, 5.74) is -0.280. The van der Waals surface area contributed by atoms with E-state index in [0.717, 1.165) is 0 Å². The second-order valence-electron chi connectivity index (χ2n) is 2.29. The van der Waals surface area contributed by atoms with Crippen molar-refractivity contribution in [3.05, 3.63) is 12.0 Å². The van der Waals surface area contributed by atoms with Crippen LogP contribution in [0.15, 0.2) is 17.0 Å². The van der Waals surface area contributed by atoms with Gasteiger partial charge in [0.05, 0.1) is 13.2 Å². The third-order valence-corrected chi connectivity index (χ3v) is 1.23. The van der Waals surface area contributed by atoms with Gasteiger partial charge < -0.3 is 14.6 Å². The number of hydrogen-bond donors (Lipinski definition) is 0. The number of aliphatic imine (C=N–C) groups is 1. The van der Waals surface area contributed by atoms with Crippen molar-refractivity contribution in [1.82, 2.24) is 0 Å². The summed E-state index contributed by atoms with van der Waals surface area (Å²) in [5, 5.41) is 10.5. The van der Waals surface area contributed by atoms with E-state index in [2.05, 4.69) is 9.73 Å². The molecule has 0 aromatic heterocycles. The zero-order chi connectivity index (χ0) is 11.0. The van der Waals surface area contributed by atoms with Crippen LogP contribution in [0.1, 0.15) is 20.8 Å². The molecule has 0 rings (SSSR count). The van der Waals surface area contributed by atoms with Crippen molar-refractivity contribution < 1.29 is 70.8 Å². The van der Waals surface area contributed by atoms with Crippen molar-refractivity contribution in [1.29, 1.82) is 0 Å². The van der Waals surface area contributed by atoms with Crippen molar-refractivity contribution in [3.63, 3.8) is 0 Å². The zero-order valence-electron chi connectivity index (χ0n) is 9.57. The Labute approximate surface area is 132 Å². The van der Waals surface area contributed by atoms with Gasteiger partial charge in [0.25, 0.3) is 0 Å². The Bertz CT molecular complexity index is 250. The number of esters is 1. The van der Waals surface area contributed by atoms with Crippen LogP contribution in [0.3, 0.4) is 0 Å². The molecule has 0 aliphatic carbocycles. The number of ether oxygens (including phenoxy) is 2. The first-order valence-corrected chi connectivity index (χ1v) is 4.33. The summed E-state index contributed by atoms with van der Waals surface area (Å²) in [6.07, 6.45) is 0.348. The molecule has 5 nitrogen and oxygen atoms in total. The molecule has 0 N–H and O–H groups in total. The topological polar surface area (TPSA) is 71.0 Å². The summed E-state index contributed by atoms with van der Waals surface area (Å²) < 4.78 is 9.57. The SMILES string of the molecule is CCOC(=O)C(=C[O-])N=C(C)OCC.[K+]. The van der Waals surface area contributed by atoms with E-state index in [1.54, 1.807) is 20.8 Å². The predicted molar refractivity (Wildman–Crippen MR) is 49.5 cm³/mol. The quantitative estimate of drug-likeness (QED) is 0.133. The summed E-state index contributed by atoms with van der Waals surface area (Å²) >= 11 is 0. The van der Waals surface area contributed by atoms with Crippen LogP contribution in [0.4, 0.5) is 0 Å². The van der Waals surface area contributed by atoms with Gasteiger partial charge in [-0.15, -0.1) is 6.26 Å². The minimum atomic E-state index is -0.735. The van der Waals surface area contributed by atoms with Crippen LogP contribution in [0.5, 0.6) is 0 Å². The first-order chi connectivity index (χ1) is 6.65. The van der Waals surface area contributed by atoms with Gasteiger partial charge in [-0.05, 0) is 13.8 Å². The minimum absolute atomic E-state index is 0. The number of carbonyl (C=O) groups excluding carboxylic acids is 1. The molecular weight excluding hydrogens is 225 g/mol. The van der Waals surface area contributed by atoms with E-state index in [9.17, 15) is 9.90 Å². The van der Waals surface area contributed by atoms with Gasteiger partial charge in [-0.2, -0.15) is 0 Å². The van der Waals surface area contributed by atoms with Crippen LogP contribution >= 0.6 is 0 Å². The smallest absolute Gasteiger partial charge is 0.876 e. The molecule has 6 heteroatoms. The number of rotatable bonds is 4. The van der Waals surface area contributed by atoms with Crippen molar-refractivity contribution in [3.8, 4) is 0 Å². The Morgan fingerprint density at radius 2 is 1.87 bits per heavy atom. The van der Waals surface area contributed by atoms with Crippen molar-refractivity contribution in [2.24, 2.45) is 4.99 Å². The van der Waals surface area contributed by atoms with Gasteiger partial charge in [-0.3, -0.25) is 0 Å². The van der Waals surface area contributed by atoms with Crippen LogP contribution < -0.4 is 56.5 Å². The summed E-state index contributed by atoms with van der Waals surface area (Å²) in [5.74, 6) is -0.468. The normalized spacial score (nSPS) is 11.7. The van der Waals surface area contributed by atoms with E-state index < -0.39 is 5.97 Å². The molecule has 0 heterocycles. The van der Waals surface area contributed by atoms with E-state index in [0.29, 0.717) is 12.9 Å². The summed E-state index contributed by atoms with van der Waals surface area (Å²) in [6.45, 7) is 5.64. The third kappa shape index (κ3) is 7.98. The van der Waals surface area contributed by atoms with Gasteiger partial charge in [0.2, 0.25) is 0 Å². The summed E-state index contributed by atoms with van der Waals surface area (Å²) in [4.78, 5) is 14.7. The molecule has 0 amide bonds. The van der Waals surface area contributed by atoms with Crippen LogP contribution in [0.2, 0.25) is 0 Å². The van der Waals surface area contributed by atoms with E-state index in [4.69, 9.17) is 4.74 Å². The monoisotopic (exact) mass is 239 g/mol. The standard InChI is InChI=1S/C9H15NO4.K/c1-4-13-7(3)10-8(6-11)9(12)14-5-2;/h6,11H,4-5H2,1-3H3;/q;+1/p-1. The van der Waals surface area contributed by atoms with Gasteiger partial charge in [-0.1, -0.05) is 0 Å². The second kappa shape index (κ2) is 10.6. The molecule has 0 fully saturated rings. The molecule has 0 aromatic carbocycles. The van der Waals surface area contributed by atoms with Crippen molar-refractivity contribution in [2.75, 3.05) is 13.2 Å². The van der Waals surface area contributed by atoms with Crippen LogP contribution in [0, 0.1) is 0 Å². The maximum absolute atomic E-state index is 11.1. The Morgan fingerprint density at radius 1 is 1.33 bits per heavy atom. The third-order valence-electron chi connectivity index (χ3n) is 1.23. The van der Waals surface area contributed by atoms with Gasteiger partial charge in [0, 0.05) is 6.92 Å². The molecule has 0 aliphatic heterocycles. The molecule has 0 radical (unpaired) electrons. The average molecular weight is 239 g/mol. The molecule has 80 valence electrons. The number of carbonyl (C=O) groups is 1. The first-order valence-electron chi connectivity index (χ1n) is 4.33. The zero-order valence-corrected chi connectivity index (χ0v) is 12.7. The maximum atomic E-state index is 11.1. The molecule has 0 saturated heterocycles. The van der Waals surface area contributed by atoms with Crippen molar-refractivity contribution in [2.45, 2.75) is 20.8 Å². The fourth-order valence-electron chi connectivity index (χ4n) is 0.736. The van der Waals surface area contributed by atoms with Crippen LogP contribution in [0.25, 0.3) is 0 Å². The molecular formula is C9H14KNO4. The Hall–Kier alpha value is 0.116. The molecule has 0 bridgehead atoms. The van der Waals surface area contributed by atoms with Crippen LogP contribution in [-0.4, -0.2) is 25.1 Å². The first kappa shape index (κ1) is 17.5.